The number of rotatable bonds is 3. The number of piperazine rings is 1. The van der Waals surface area contributed by atoms with E-state index >= 15 is 0 Å². The first kappa shape index (κ1) is 12.1. The minimum absolute atomic E-state index is 0.549. The van der Waals surface area contributed by atoms with E-state index in [0.717, 1.165) is 43.7 Å². The number of carbonyl (C=O) groups is 1. The molecule has 0 aromatic heterocycles. The average Bonchev–Trinajstić information content (AvgIpc) is 2.38. The first-order chi connectivity index (χ1) is 8.26. The molecule has 0 bridgehead atoms. The molecule has 0 aliphatic carbocycles. The molecule has 17 heavy (non-hydrogen) atoms. The summed E-state index contributed by atoms with van der Waals surface area (Å²) in [4.78, 5) is 15.8. The second kappa shape index (κ2) is 5.32. The van der Waals surface area contributed by atoms with Crippen molar-refractivity contribution in [3.05, 3.63) is 29.8 Å². The van der Waals surface area contributed by atoms with Gasteiger partial charge < -0.3 is 4.90 Å². The summed E-state index contributed by atoms with van der Waals surface area (Å²) in [6.45, 7) is 8.63. The lowest BCUT2D eigenvalue weighted by Crippen LogP contribution is -2.51. The molecule has 1 heterocycles. The molecule has 1 fully saturated rings. The van der Waals surface area contributed by atoms with E-state index in [1.165, 1.54) is 0 Å². The zero-order valence-electron chi connectivity index (χ0n) is 10.6. The van der Waals surface area contributed by atoms with Crippen LogP contribution in [0.2, 0.25) is 0 Å². The average molecular weight is 232 g/mol. The van der Waals surface area contributed by atoms with Gasteiger partial charge in [-0.2, -0.15) is 0 Å². The Bertz CT molecular complexity index is 392. The second-order valence-electron chi connectivity index (χ2n) is 4.60. The molecule has 1 saturated heterocycles. The molecule has 1 aromatic rings. The van der Waals surface area contributed by atoms with Crippen LogP contribution in [0.1, 0.15) is 24.2 Å². The molecule has 1 unspecified atom stereocenters. The van der Waals surface area contributed by atoms with Crippen LogP contribution in [0.5, 0.6) is 0 Å². The minimum Gasteiger partial charge on any atom is -0.368 e. The normalized spacial score (nSPS) is 21.5. The van der Waals surface area contributed by atoms with Gasteiger partial charge in [0.2, 0.25) is 0 Å². The fourth-order valence-electron chi connectivity index (χ4n) is 2.56. The zero-order chi connectivity index (χ0) is 12.3. The lowest BCUT2D eigenvalue weighted by molar-refractivity contribution is 0.112. The van der Waals surface area contributed by atoms with Crippen LogP contribution in [0.15, 0.2) is 24.3 Å². The molecule has 1 aliphatic rings. The molecule has 0 spiro atoms. The third kappa shape index (κ3) is 2.50. The summed E-state index contributed by atoms with van der Waals surface area (Å²) in [5, 5.41) is 0. The molecule has 2 rings (SSSR count). The molecule has 0 radical (unpaired) electrons. The van der Waals surface area contributed by atoms with Crippen LogP contribution in [0.3, 0.4) is 0 Å². The van der Waals surface area contributed by atoms with Crippen molar-refractivity contribution in [2.24, 2.45) is 0 Å². The molecule has 3 heteroatoms. The fourth-order valence-corrected chi connectivity index (χ4v) is 2.56. The lowest BCUT2D eigenvalue weighted by Gasteiger charge is -2.40. The topological polar surface area (TPSA) is 23.6 Å². The summed E-state index contributed by atoms with van der Waals surface area (Å²) in [5.41, 5.74) is 1.87. The van der Waals surface area contributed by atoms with Crippen LogP contribution in [0.25, 0.3) is 0 Å². The first-order valence-corrected chi connectivity index (χ1v) is 6.29. The predicted molar refractivity (Wildman–Crippen MR) is 70.8 cm³/mol. The number of hydrogen-bond acceptors (Lipinski definition) is 3. The highest BCUT2D eigenvalue weighted by atomic mass is 16.1. The Balaban J connectivity index is 2.16. The van der Waals surface area contributed by atoms with Gasteiger partial charge >= 0.3 is 0 Å². The van der Waals surface area contributed by atoms with Crippen LogP contribution in [-0.2, 0) is 0 Å². The Morgan fingerprint density at radius 1 is 1.35 bits per heavy atom. The van der Waals surface area contributed by atoms with E-state index in [9.17, 15) is 4.79 Å². The van der Waals surface area contributed by atoms with Gasteiger partial charge in [0.25, 0.3) is 0 Å². The van der Waals surface area contributed by atoms with Gasteiger partial charge in [0.1, 0.15) is 0 Å². The number of nitrogens with zero attached hydrogens (tertiary/aromatic N) is 2. The van der Waals surface area contributed by atoms with Crippen molar-refractivity contribution in [1.82, 2.24) is 4.90 Å². The van der Waals surface area contributed by atoms with Gasteiger partial charge in [-0.1, -0.05) is 19.1 Å². The van der Waals surface area contributed by atoms with Crippen LogP contribution >= 0.6 is 0 Å². The summed E-state index contributed by atoms with van der Waals surface area (Å²) in [6, 6.07) is 8.39. The number of anilines is 1. The molecule has 0 amide bonds. The van der Waals surface area contributed by atoms with Crippen LogP contribution in [0.4, 0.5) is 5.69 Å². The maximum absolute atomic E-state index is 11.0. The maximum atomic E-state index is 11.0. The molecular weight excluding hydrogens is 212 g/mol. The number of aldehydes is 1. The maximum Gasteiger partial charge on any atom is 0.152 e. The van der Waals surface area contributed by atoms with Crippen molar-refractivity contribution in [1.29, 1.82) is 0 Å². The van der Waals surface area contributed by atoms with E-state index in [1.54, 1.807) is 0 Å². The highest BCUT2D eigenvalue weighted by Crippen LogP contribution is 2.22. The number of para-hydroxylation sites is 1. The number of hydrogen-bond donors (Lipinski definition) is 0. The Morgan fingerprint density at radius 2 is 2.12 bits per heavy atom. The van der Waals surface area contributed by atoms with Crippen LogP contribution in [0, 0.1) is 0 Å². The van der Waals surface area contributed by atoms with Gasteiger partial charge in [0.05, 0.1) is 0 Å². The van der Waals surface area contributed by atoms with E-state index in [1.807, 2.05) is 24.3 Å². The molecule has 0 saturated carbocycles. The van der Waals surface area contributed by atoms with Gasteiger partial charge in [-0.25, -0.2) is 0 Å². The quantitative estimate of drug-likeness (QED) is 0.745. The number of benzene rings is 1. The Kier molecular flexibility index (Phi) is 3.79. The molecule has 1 atom stereocenters. The van der Waals surface area contributed by atoms with Crippen molar-refractivity contribution in [3.63, 3.8) is 0 Å². The largest absolute Gasteiger partial charge is 0.368 e. The van der Waals surface area contributed by atoms with Crippen LogP contribution in [-0.4, -0.2) is 43.4 Å². The molecule has 0 N–H and O–H groups in total. The van der Waals surface area contributed by atoms with E-state index < -0.39 is 0 Å². The molecule has 3 nitrogen and oxygen atoms in total. The molecule has 92 valence electrons. The van der Waals surface area contributed by atoms with Gasteiger partial charge in [-0.05, 0) is 25.6 Å². The second-order valence-corrected chi connectivity index (χ2v) is 4.60. The van der Waals surface area contributed by atoms with E-state index in [-0.39, 0.29) is 0 Å². The van der Waals surface area contributed by atoms with E-state index in [4.69, 9.17) is 0 Å². The minimum atomic E-state index is 0.549. The summed E-state index contributed by atoms with van der Waals surface area (Å²) in [6.07, 6.45) is 0.951. The van der Waals surface area contributed by atoms with Gasteiger partial charge in [0, 0.05) is 36.9 Å². The molecule has 1 aromatic carbocycles. The smallest absolute Gasteiger partial charge is 0.152 e. The summed E-state index contributed by atoms with van der Waals surface area (Å²) in [5.74, 6) is 0. The standard InChI is InChI=1S/C14H20N2O/c1-3-15-8-9-16(10-12(15)2)14-7-5-4-6-13(14)11-17/h4-7,11-12H,3,8-10H2,1-2H3. The predicted octanol–water partition coefficient (Wildman–Crippen LogP) is 2.03. The van der Waals surface area contributed by atoms with Crippen molar-refractivity contribution >= 4 is 12.0 Å². The van der Waals surface area contributed by atoms with Gasteiger partial charge in [-0.15, -0.1) is 0 Å². The molecule has 1 aliphatic heterocycles. The SMILES string of the molecule is CCN1CCN(c2ccccc2C=O)CC1C. The summed E-state index contributed by atoms with van der Waals surface area (Å²) >= 11 is 0. The highest BCUT2D eigenvalue weighted by molar-refractivity contribution is 5.84. The number of carbonyl (C=O) groups excluding carboxylic acids is 1. The van der Waals surface area contributed by atoms with E-state index in [2.05, 4.69) is 23.6 Å². The van der Waals surface area contributed by atoms with Crippen LogP contribution < -0.4 is 4.90 Å². The van der Waals surface area contributed by atoms with Gasteiger partial charge in [0.15, 0.2) is 6.29 Å². The molecular formula is C14H20N2O. The lowest BCUT2D eigenvalue weighted by atomic mass is 10.1. The monoisotopic (exact) mass is 232 g/mol. The fraction of sp³-hybridized carbons (Fsp3) is 0.500. The van der Waals surface area contributed by atoms with Crippen molar-refractivity contribution in [2.45, 2.75) is 19.9 Å². The van der Waals surface area contributed by atoms with Crippen molar-refractivity contribution in [3.8, 4) is 0 Å². The number of likely N-dealkylation sites (N-methyl/N-ethyl adjacent to an activating group) is 1. The third-order valence-electron chi connectivity index (χ3n) is 3.58. The Labute approximate surface area is 103 Å². The Morgan fingerprint density at radius 3 is 2.76 bits per heavy atom. The summed E-state index contributed by atoms with van der Waals surface area (Å²) in [7, 11) is 0. The van der Waals surface area contributed by atoms with Crippen molar-refractivity contribution in [2.75, 3.05) is 31.1 Å². The van der Waals surface area contributed by atoms with Gasteiger partial charge in [-0.3, -0.25) is 9.69 Å². The zero-order valence-corrected chi connectivity index (χ0v) is 10.6. The first-order valence-electron chi connectivity index (χ1n) is 6.29. The third-order valence-corrected chi connectivity index (χ3v) is 3.58. The Hall–Kier alpha value is -1.35. The van der Waals surface area contributed by atoms with E-state index in [0.29, 0.717) is 6.04 Å². The highest BCUT2D eigenvalue weighted by Gasteiger charge is 2.23. The summed E-state index contributed by atoms with van der Waals surface area (Å²) < 4.78 is 0. The van der Waals surface area contributed by atoms with Crippen molar-refractivity contribution < 1.29 is 4.79 Å².